The molecule has 0 aliphatic rings. The van der Waals surface area contributed by atoms with Gasteiger partial charge in [0.05, 0.1) is 0 Å². The molecule has 8 heteroatoms. The van der Waals surface area contributed by atoms with Gasteiger partial charge in [-0.25, -0.2) is 9.59 Å². The summed E-state index contributed by atoms with van der Waals surface area (Å²) in [5.74, 6) is 0.475. The van der Waals surface area contributed by atoms with Crippen molar-refractivity contribution in [2.24, 2.45) is 0 Å². The Kier molecular flexibility index (Phi) is 41.9. The first-order valence-corrected chi connectivity index (χ1v) is 25.8. The van der Waals surface area contributed by atoms with Crippen molar-refractivity contribution in [3.63, 3.8) is 0 Å². The molecular formula is C49H96N2O5S. The van der Waals surface area contributed by atoms with Gasteiger partial charge in [-0.05, 0) is 65.5 Å². The number of hydrogen-bond acceptors (Lipinski definition) is 7. The maximum absolute atomic E-state index is 14.0. The van der Waals surface area contributed by atoms with Crippen LogP contribution in [0.4, 0.5) is 14.4 Å². The summed E-state index contributed by atoms with van der Waals surface area (Å²) in [5, 5.41) is -0.595. The van der Waals surface area contributed by atoms with E-state index in [4.69, 9.17) is 9.47 Å². The molecule has 0 aromatic carbocycles. The first-order valence-electron chi connectivity index (χ1n) is 24.8. The van der Waals surface area contributed by atoms with E-state index in [2.05, 4.69) is 27.7 Å². The smallest absolute Gasteiger partial charge is 0.427 e. The lowest BCUT2D eigenvalue weighted by molar-refractivity contribution is 0.0394. The van der Waals surface area contributed by atoms with Crippen molar-refractivity contribution in [1.29, 1.82) is 0 Å². The molecule has 0 aliphatic heterocycles. The Morgan fingerprint density at radius 2 is 0.649 bits per heavy atom. The van der Waals surface area contributed by atoms with Gasteiger partial charge in [-0.3, -0.25) is 4.79 Å². The number of carbonyl (C=O) groups excluding carboxylic acids is 3. The van der Waals surface area contributed by atoms with E-state index in [1.165, 1.54) is 154 Å². The van der Waals surface area contributed by atoms with Gasteiger partial charge in [0.2, 0.25) is 0 Å². The largest absolute Gasteiger partial charge is 0.445 e. The molecule has 3 amide bonds. The highest BCUT2D eigenvalue weighted by Gasteiger charge is 2.35. The predicted octanol–water partition coefficient (Wildman–Crippen LogP) is 16.8. The molecule has 0 rings (SSSR count). The number of ether oxygens (including phenoxy) is 2. The van der Waals surface area contributed by atoms with E-state index in [0.29, 0.717) is 17.2 Å². The molecule has 0 aromatic rings. The third kappa shape index (κ3) is 36.3. The minimum Gasteiger partial charge on any atom is -0.445 e. The maximum atomic E-state index is 14.0. The van der Waals surface area contributed by atoms with E-state index >= 15 is 0 Å². The number of rotatable bonds is 41. The Morgan fingerprint density at radius 3 is 0.895 bits per heavy atom. The normalized spacial score (nSPS) is 12.5. The zero-order valence-corrected chi connectivity index (χ0v) is 39.7. The minimum atomic E-state index is -0.857. The predicted molar refractivity (Wildman–Crippen MR) is 248 cm³/mol. The summed E-state index contributed by atoms with van der Waals surface area (Å²) < 4.78 is 12.3. The zero-order chi connectivity index (χ0) is 42.0. The van der Waals surface area contributed by atoms with Crippen LogP contribution in [0.15, 0.2) is 0 Å². The second-order valence-corrected chi connectivity index (χ2v) is 18.4. The molecule has 338 valence electrons. The molecule has 2 atom stereocenters. The van der Waals surface area contributed by atoms with Gasteiger partial charge in [0.25, 0.3) is 0 Å². The lowest BCUT2D eigenvalue weighted by Crippen LogP contribution is -2.43. The van der Waals surface area contributed by atoms with E-state index in [9.17, 15) is 14.4 Å². The van der Waals surface area contributed by atoms with E-state index in [1.807, 2.05) is 19.0 Å². The molecular weight excluding hydrogens is 729 g/mol. The van der Waals surface area contributed by atoms with Gasteiger partial charge in [-0.15, -0.1) is 4.90 Å². The van der Waals surface area contributed by atoms with Crippen LogP contribution < -0.4 is 0 Å². The number of amides is 3. The van der Waals surface area contributed by atoms with Gasteiger partial charge in [0.1, 0.15) is 12.2 Å². The van der Waals surface area contributed by atoms with Crippen LogP contribution in [0.1, 0.15) is 259 Å². The number of unbranched alkanes of at least 4 members (excludes halogenated alkanes) is 28. The van der Waals surface area contributed by atoms with Gasteiger partial charge >= 0.3 is 17.4 Å². The fourth-order valence-electron chi connectivity index (χ4n) is 7.54. The molecule has 0 spiro atoms. The number of carbonyl (C=O) groups is 3. The second-order valence-electron chi connectivity index (χ2n) is 17.3. The highest BCUT2D eigenvalue weighted by Crippen LogP contribution is 2.23. The number of thioether (sulfide) groups is 1. The van der Waals surface area contributed by atoms with Crippen LogP contribution in [0.3, 0.4) is 0 Å². The summed E-state index contributed by atoms with van der Waals surface area (Å²) in [6, 6.07) is 0. The lowest BCUT2D eigenvalue weighted by Gasteiger charge is -2.25. The van der Waals surface area contributed by atoms with Gasteiger partial charge in [0, 0.05) is 12.3 Å². The van der Waals surface area contributed by atoms with Crippen molar-refractivity contribution in [2.75, 3.05) is 26.4 Å². The second kappa shape index (κ2) is 42.8. The molecule has 0 radical (unpaired) electrons. The van der Waals surface area contributed by atoms with E-state index in [1.54, 1.807) is 0 Å². The van der Waals surface area contributed by atoms with Crippen molar-refractivity contribution in [3.8, 4) is 0 Å². The van der Waals surface area contributed by atoms with Crippen molar-refractivity contribution in [3.05, 3.63) is 0 Å². The molecule has 57 heavy (non-hydrogen) atoms. The number of hydrogen-bond donors (Lipinski definition) is 0. The summed E-state index contributed by atoms with van der Waals surface area (Å²) >= 11 is 0.997. The van der Waals surface area contributed by atoms with E-state index in [0.717, 1.165) is 88.8 Å². The highest BCUT2D eigenvalue weighted by atomic mass is 32.2. The van der Waals surface area contributed by atoms with E-state index in [-0.39, 0.29) is 12.2 Å². The Balaban J connectivity index is 5.67. The van der Waals surface area contributed by atoms with Gasteiger partial charge in [-0.1, -0.05) is 219 Å². The molecule has 2 unspecified atom stereocenters. The Hall–Kier alpha value is -1.28. The van der Waals surface area contributed by atoms with Crippen LogP contribution in [-0.4, -0.2) is 65.8 Å². The molecule has 7 nitrogen and oxygen atoms in total. The third-order valence-electron chi connectivity index (χ3n) is 11.4. The van der Waals surface area contributed by atoms with Crippen molar-refractivity contribution in [2.45, 2.75) is 271 Å². The van der Waals surface area contributed by atoms with Crippen LogP contribution in [0.25, 0.3) is 0 Å². The Morgan fingerprint density at radius 1 is 0.404 bits per heavy atom. The fraction of sp³-hybridized carbons (Fsp3) is 0.939. The summed E-state index contributed by atoms with van der Waals surface area (Å²) in [6.45, 7) is 9.65. The lowest BCUT2D eigenvalue weighted by atomic mass is 10.0. The zero-order valence-electron chi connectivity index (χ0n) is 38.9. The van der Waals surface area contributed by atoms with Gasteiger partial charge < -0.3 is 14.4 Å². The van der Waals surface area contributed by atoms with Crippen molar-refractivity contribution in [1.82, 2.24) is 9.80 Å². The van der Waals surface area contributed by atoms with Crippen molar-refractivity contribution >= 4 is 29.2 Å². The van der Waals surface area contributed by atoms with Crippen LogP contribution >= 0.6 is 11.8 Å². The Bertz CT molecular complexity index is 845. The minimum absolute atomic E-state index is 0.307. The Labute approximate surface area is 359 Å². The topological polar surface area (TPSA) is 76.1 Å². The summed E-state index contributed by atoms with van der Waals surface area (Å²) in [4.78, 5) is 44.3. The monoisotopic (exact) mass is 825 g/mol. The summed E-state index contributed by atoms with van der Waals surface area (Å²) in [6.07, 6.45) is 39.6. The first-order chi connectivity index (χ1) is 27.8. The van der Waals surface area contributed by atoms with Gasteiger partial charge in [-0.2, -0.15) is 0 Å². The van der Waals surface area contributed by atoms with E-state index < -0.39 is 17.4 Å². The summed E-state index contributed by atoms with van der Waals surface area (Å²) in [7, 11) is 3.90. The first kappa shape index (κ1) is 55.7. The third-order valence-corrected chi connectivity index (χ3v) is 12.2. The quantitative estimate of drug-likeness (QED) is 0.0568. The molecule has 0 saturated heterocycles. The average Bonchev–Trinajstić information content (AvgIpc) is 3.18. The molecule has 0 aliphatic carbocycles. The maximum Gasteiger partial charge on any atom is 0.427 e. The van der Waals surface area contributed by atoms with Crippen LogP contribution in [0.5, 0.6) is 0 Å². The SMILES string of the molecule is CCCCCCCCCCCC(CCCCCCCCC)OC(=O)N(C(=O)OC(CCCCCCCCC)CCCCCCCCCCC)C(=O)SCCN(C)C. The molecule has 0 saturated carbocycles. The fourth-order valence-corrected chi connectivity index (χ4v) is 8.45. The van der Waals surface area contributed by atoms with Crippen LogP contribution in [0.2, 0.25) is 0 Å². The average molecular weight is 825 g/mol. The molecule has 0 fully saturated rings. The van der Waals surface area contributed by atoms with Gasteiger partial charge in [0.15, 0.2) is 0 Å². The number of nitrogens with zero attached hydrogens (tertiary/aromatic N) is 2. The number of imide groups is 3. The standard InChI is InChI=1S/C49H96N2O5S/c1-7-11-15-19-23-25-29-33-37-41-45(39-35-31-27-21-17-13-9-3)55-47(52)51(49(54)57-44-43-50(5)6)48(53)56-46(40-36-32-28-22-18-14-10-4)42-38-34-30-26-24-20-16-12-8-2/h45-46H,7-44H2,1-6H3. The van der Waals surface area contributed by atoms with Crippen LogP contribution in [0, 0.1) is 0 Å². The molecule has 0 N–H and O–H groups in total. The van der Waals surface area contributed by atoms with Crippen LogP contribution in [-0.2, 0) is 9.47 Å². The van der Waals surface area contributed by atoms with Crippen molar-refractivity contribution < 1.29 is 23.9 Å². The summed E-state index contributed by atoms with van der Waals surface area (Å²) in [5.41, 5.74) is 0. The molecule has 0 aromatic heterocycles. The molecule has 0 heterocycles. The molecule has 0 bridgehead atoms. The highest BCUT2D eigenvalue weighted by molar-refractivity contribution is 8.13.